The minimum absolute atomic E-state index is 0.110. The Morgan fingerprint density at radius 3 is 2.48 bits per heavy atom. The van der Waals surface area contributed by atoms with Gasteiger partial charge in [0.2, 0.25) is 0 Å². The summed E-state index contributed by atoms with van der Waals surface area (Å²) in [6, 6.07) is 12.3. The summed E-state index contributed by atoms with van der Waals surface area (Å²) in [6.45, 7) is 1.86. The molecule has 2 aromatic carbocycles. The summed E-state index contributed by atoms with van der Waals surface area (Å²) in [5, 5.41) is 21.1. The van der Waals surface area contributed by atoms with Crippen molar-refractivity contribution in [3.63, 3.8) is 0 Å². The number of methoxy groups -OCH3 is 1. The highest BCUT2D eigenvalue weighted by atomic mass is 16.5. The Labute approximate surface area is 122 Å². The Morgan fingerprint density at radius 2 is 1.90 bits per heavy atom. The van der Waals surface area contributed by atoms with Gasteiger partial charge in [-0.3, -0.25) is 0 Å². The molecular formula is C16H14N2O3. The summed E-state index contributed by atoms with van der Waals surface area (Å²) >= 11 is 0. The molecule has 5 heteroatoms. The molecule has 0 aliphatic heterocycles. The van der Waals surface area contributed by atoms with Crippen LogP contribution in [0.3, 0.4) is 0 Å². The lowest BCUT2D eigenvalue weighted by atomic mass is 10.1. The normalized spacial score (nSPS) is 9.76. The smallest absolute Gasteiger partial charge is 0.339 e. The first kappa shape index (κ1) is 14.4. The van der Waals surface area contributed by atoms with Gasteiger partial charge in [-0.25, -0.2) is 4.79 Å². The van der Waals surface area contributed by atoms with Gasteiger partial charge in [0.25, 0.3) is 0 Å². The standard InChI is InChI=1S/C16H14N2O3/c1-10-7-12(4-3-11(10)9-17)18-13-5-6-14(16(19)20)15(8-13)21-2/h3-8,18H,1-2H3,(H,19,20). The molecule has 0 aromatic heterocycles. The first-order valence-electron chi connectivity index (χ1n) is 6.24. The van der Waals surface area contributed by atoms with Gasteiger partial charge in [-0.2, -0.15) is 5.26 Å². The Kier molecular flexibility index (Phi) is 4.10. The van der Waals surface area contributed by atoms with Crippen LogP contribution >= 0.6 is 0 Å². The fourth-order valence-corrected chi connectivity index (χ4v) is 1.98. The molecule has 21 heavy (non-hydrogen) atoms. The average Bonchev–Trinajstić information content (AvgIpc) is 2.47. The SMILES string of the molecule is COc1cc(Nc2ccc(C#N)c(C)c2)ccc1C(=O)O. The second-order valence-electron chi connectivity index (χ2n) is 4.49. The van der Waals surface area contributed by atoms with Crippen molar-refractivity contribution in [1.82, 2.24) is 0 Å². The summed E-state index contributed by atoms with van der Waals surface area (Å²) < 4.78 is 5.08. The molecule has 0 amide bonds. The van der Waals surface area contributed by atoms with Crippen LogP contribution in [0.15, 0.2) is 36.4 Å². The number of anilines is 2. The number of nitrogens with zero attached hydrogens (tertiary/aromatic N) is 1. The fourth-order valence-electron chi connectivity index (χ4n) is 1.98. The molecule has 2 N–H and O–H groups in total. The first-order valence-corrected chi connectivity index (χ1v) is 6.24. The molecule has 0 saturated heterocycles. The molecule has 0 aliphatic carbocycles. The Morgan fingerprint density at radius 1 is 1.24 bits per heavy atom. The number of benzene rings is 2. The van der Waals surface area contributed by atoms with Crippen molar-refractivity contribution >= 4 is 17.3 Å². The lowest BCUT2D eigenvalue weighted by molar-refractivity contribution is 0.0693. The van der Waals surface area contributed by atoms with Gasteiger partial charge in [0.1, 0.15) is 11.3 Å². The maximum Gasteiger partial charge on any atom is 0.339 e. The van der Waals surface area contributed by atoms with Crippen molar-refractivity contribution in [1.29, 1.82) is 5.26 Å². The lowest BCUT2D eigenvalue weighted by Gasteiger charge is -2.11. The largest absolute Gasteiger partial charge is 0.496 e. The molecule has 0 fully saturated rings. The van der Waals surface area contributed by atoms with Gasteiger partial charge in [-0.05, 0) is 42.8 Å². The molecular weight excluding hydrogens is 268 g/mol. The van der Waals surface area contributed by atoms with Gasteiger partial charge in [-0.15, -0.1) is 0 Å². The van der Waals surface area contributed by atoms with Crippen LogP contribution in [0, 0.1) is 18.3 Å². The van der Waals surface area contributed by atoms with Gasteiger partial charge in [-0.1, -0.05) is 0 Å². The minimum atomic E-state index is -1.03. The molecule has 0 radical (unpaired) electrons. The van der Waals surface area contributed by atoms with E-state index >= 15 is 0 Å². The third-order valence-electron chi connectivity index (χ3n) is 3.07. The number of aromatic carboxylic acids is 1. The number of hydrogen-bond acceptors (Lipinski definition) is 4. The third kappa shape index (κ3) is 3.12. The molecule has 0 atom stereocenters. The van der Waals surface area contributed by atoms with E-state index in [1.165, 1.54) is 13.2 Å². The monoisotopic (exact) mass is 282 g/mol. The average molecular weight is 282 g/mol. The Bertz CT molecular complexity index is 733. The number of nitrogens with one attached hydrogen (secondary N) is 1. The predicted molar refractivity (Wildman–Crippen MR) is 79.1 cm³/mol. The van der Waals surface area contributed by atoms with E-state index in [0.717, 1.165) is 11.3 Å². The second-order valence-corrected chi connectivity index (χ2v) is 4.49. The van der Waals surface area contributed by atoms with Crippen LogP contribution in [0.4, 0.5) is 11.4 Å². The number of carboxylic acid groups (broad SMARTS) is 1. The van der Waals surface area contributed by atoms with Crippen molar-refractivity contribution in [2.24, 2.45) is 0 Å². The van der Waals surface area contributed by atoms with Crippen molar-refractivity contribution in [2.45, 2.75) is 6.92 Å². The predicted octanol–water partition coefficient (Wildman–Crippen LogP) is 3.32. The molecule has 106 valence electrons. The zero-order chi connectivity index (χ0) is 15.4. The van der Waals surface area contributed by atoms with E-state index < -0.39 is 5.97 Å². The van der Waals surface area contributed by atoms with Crippen LogP contribution < -0.4 is 10.1 Å². The molecule has 2 aromatic rings. The molecule has 0 heterocycles. The van der Waals surface area contributed by atoms with Gasteiger partial charge >= 0.3 is 5.97 Å². The quantitative estimate of drug-likeness (QED) is 0.898. The van der Waals surface area contributed by atoms with E-state index in [-0.39, 0.29) is 11.3 Å². The number of aryl methyl sites for hydroxylation is 1. The number of carboxylic acids is 1. The summed E-state index contributed by atoms with van der Waals surface area (Å²) in [6.07, 6.45) is 0. The summed E-state index contributed by atoms with van der Waals surface area (Å²) in [4.78, 5) is 11.0. The van der Waals surface area contributed by atoms with Crippen LogP contribution in [0.25, 0.3) is 0 Å². The highest BCUT2D eigenvalue weighted by molar-refractivity contribution is 5.91. The van der Waals surface area contributed by atoms with Crippen molar-refractivity contribution < 1.29 is 14.6 Å². The molecule has 0 spiro atoms. The third-order valence-corrected chi connectivity index (χ3v) is 3.07. The van der Waals surface area contributed by atoms with E-state index in [0.29, 0.717) is 11.3 Å². The van der Waals surface area contributed by atoms with Gasteiger partial charge in [0, 0.05) is 17.4 Å². The van der Waals surface area contributed by atoms with E-state index in [1.54, 1.807) is 24.3 Å². The van der Waals surface area contributed by atoms with E-state index in [2.05, 4.69) is 11.4 Å². The number of rotatable bonds is 4. The number of ether oxygens (including phenoxy) is 1. The Balaban J connectivity index is 2.30. The zero-order valence-corrected chi connectivity index (χ0v) is 11.7. The van der Waals surface area contributed by atoms with E-state index in [1.807, 2.05) is 13.0 Å². The molecule has 0 unspecified atom stereocenters. The van der Waals surface area contributed by atoms with Gasteiger partial charge in [0.15, 0.2) is 0 Å². The topological polar surface area (TPSA) is 82.3 Å². The maximum absolute atomic E-state index is 11.0. The second kappa shape index (κ2) is 5.97. The van der Waals surface area contributed by atoms with Crippen molar-refractivity contribution in [3.8, 4) is 11.8 Å². The molecule has 0 aliphatic rings. The van der Waals surface area contributed by atoms with Gasteiger partial charge < -0.3 is 15.2 Å². The van der Waals surface area contributed by atoms with Crippen LogP contribution in [0.1, 0.15) is 21.5 Å². The fraction of sp³-hybridized carbons (Fsp3) is 0.125. The molecule has 0 saturated carbocycles. The van der Waals surface area contributed by atoms with Crippen LogP contribution in [-0.2, 0) is 0 Å². The van der Waals surface area contributed by atoms with Crippen molar-refractivity contribution in [3.05, 3.63) is 53.1 Å². The molecule has 5 nitrogen and oxygen atoms in total. The van der Waals surface area contributed by atoms with Crippen LogP contribution in [0.2, 0.25) is 0 Å². The molecule has 2 rings (SSSR count). The minimum Gasteiger partial charge on any atom is -0.496 e. The summed E-state index contributed by atoms with van der Waals surface area (Å²) in [7, 11) is 1.43. The highest BCUT2D eigenvalue weighted by Crippen LogP contribution is 2.26. The number of nitriles is 1. The highest BCUT2D eigenvalue weighted by Gasteiger charge is 2.11. The van der Waals surface area contributed by atoms with Crippen LogP contribution in [-0.4, -0.2) is 18.2 Å². The van der Waals surface area contributed by atoms with E-state index in [9.17, 15) is 4.79 Å². The Hall–Kier alpha value is -3.00. The molecule has 0 bridgehead atoms. The van der Waals surface area contributed by atoms with Crippen molar-refractivity contribution in [2.75, 3.05) is 12.4 Å². The number of hydrogen-bond donors (Lipinski definition) is 2. The van der Waals surface area contributed by atoms with E-state index in [4.69, 9.17) is 15.1 Å². The first-order chi connectivity index (χ1) is 10.0. The zero-order valence-electron chi connectivity index (χ0n) is 11.7. The number of carbonyl (C=O) groups is 1. The lowest BCUT2D eigenvalue weighted by Crippen LogP contribution is -2.01. The van der Waals surface area contributed by atoms with Gasteiger partial charge in [0.05, 0.1) is 18.7 Å². The maximum atomic E-state index is 11.0. The van der Waals surface area contributed by atoms with Crippen LogP contribution in [0.5, 0.6) is 5.75 Å². The summed E-state index contributed by atoms with van der Waals surface area (Å²) in [5.41, 5.74) is 3.13. The summed E-state index contributed by atoms with van der Waals surface area (Å²) in [5.74, 6) is -0.745.